The standard InChI is InChI=1S/C11H15N3O3/c15-14(16)9-4-5-11(12-7-9)13-8-10-3-1-2-6-17-10/h4-5,7,10H,1-3,6,8H2,(H,12,13). The fourth-order valence-electron chi connectivity index (χ4n) is 1.79. The molecule has 0 spiro atoms. The van der Waals surface area contributed by atoms with Crippen LogP contribution in [-0.2, 0) is 4.74 Å². The van der Waals surface area contributed by atoms with Crippen LogP contribution in [0.25, 0.3) is 0 Å². The summed E-state index contributed by atoms with van der Waals surface area (Å²) in [5.74, 6) is 0.643. The third-order valence-corrected chi connectivity index (χ3v) is 2.74. The first-order chi connectivity index (χ1) is 8.25. The number of pyridine rings is 1. The highest BCUT2D eigenvalue weighted by Gasteiger charge is 2.13. The van der Waals surface area contributed by atoms with E-state index in [1.807, 2.05) is 0 Å². The van der Waals surface area contributed by atoms with Gasteiger partial charge in [-0.1, -0.05) is 0 Å². The van der Waals surface area contributed by atoms with Gasteiger partial charge in [-0.15, -0.1) is 0 Å². The van der Waals surface area contributed by atoms with Gasteiger partial charge in [0.1, 0.15) is 12.0 Å². The average Bonchev–Trinajstić information content (AvgIpc) is 2.38. The van der Waals surface area contributed by atoms with Gasteiger partial charge in [0.2, 0.25) is 0 Å². The topological polar surface area (TPSA) is 77.3 Å². The van der Waals surface area contributed by atoms with Gasteiger partial charge < -0.3 is 10.1 Å². The zero-order valence-electron chi connectivity index (χ0n) is 9.46. The van der Waals surface area contributed by atoms with Crippen molar-refractivity contribution in [2.45, 2.75) is 25.4 Å². The lowest BCUT2D eigenvalue weighted by atomic mass is 10.1. The SMILES string of the molecule is O=[N+]([O-])c1ccc(NCC2CCCCO2)nc1. The van der Waals surface area contributed by atoms with Gasteiger partial charge in [0.15, 0.2) is 0 Å². The Kier molecular flexibility index (Phi) is 3.87. The van der Waals surface area contributed by atoms with Gasteiger partial charge in [-0.2, -0.15) is 0 Å². The number of hydrogen-bond acceptors (Lipinski definition) is 5. The Morgan fingerprint density at radius 3 is 3.00 bits per heavy atom. The van der Waals surface area contributed by atoms with Gasteiger partial charge in [0, 0.05) is 19.2 Å². The van der Waals surface area contributed by atoms with Crippen molar-refractivity contribution in [2.75, 3.05) is 18.5 Å². The Balaban J connectivity index is 1.84. The van der Waals surface area contributed by atoms with Crippen molar-refractivity contribution in [1.82, 2.24) is 4.98 Å². The monoisotopic (exact) mass is 237 g/mol. The minimum absolute atomic E-state index is 0.00414. The molecule has 1 aromatic heterocycles. The molecule has 0 bridgehead atoms. The number of rotatable bonds is 4. The molecule has 0 amide bonds. The van der Waals surface area contributed by atoms with Crippen molar-refractivity contribution in [3.8, 4) is 0 Å². The number of aromatic nitrogens is 1. The van der Waals surface area contributed by atoms with Crippen molar-refractivity contribution in [2.24, 2.45) is 0 Å². The molecule has 0 aromatic carbocycles. The fraction of sp³-hybridized carbons (Fsp3) is 0.545. The lowest BCUT2D eigenvalue weighted by Gasteiger charge is -2.22. The normalized spacial score (nSPS) is 19.9. The second-order valence-corrected chi connectivity index (χ2v) is 4.03. The molecule has 1 N–H and O–H groups in total. The van der Waals surface area contributed by atoms with E-state index < -0.39 is 4.92 Å². The Labute approximate surface area is 99.2 Å². The maximum absolute atomic E-state index is 10.4. The number of nitrogens with one attached hydrogen (secondary N) is 1. The van der Waals surface area contributed by atoms with Crippen LogP contribution in [0.1, 0.15) is 19.3 Å². The van der Waals surface area contributed by atoms with Crippen LogP contribution in [0.4, 0.5) is 11.5 Å². The molecule has 0 saturated carbocycles. The Bertz CT molecular complexity index is 374. The zero-order chi connectivity index (χ0) is 12.1. The molecule has 1 aliphatic heterocycles. The lowest BCUT2D eigenvalue weighted by molar-refractivity contribution is -0.385. The van der Waals surface area contributed by atoms with Gasteiger partial charge in [0.05, 0.1) is 11.0 Å². The first kappa shape index (κ1) is 11.8. The summed E-state index contributed by atoms with van der Waals surface area (Å²) in [7, 11) is 0. The van der Waals surface area contributed by atoms with Crippen LogP contribution >= 0.6 is 0 Å². The molecule has 92 valence electrons. The van der Waals surface area contributed by atoms with E-state index in [1.165, 1.54) is 18.7 Å². The first-order valence-corrected chi connectivity index (χ1v) is 5.71. The molecule has 17 heavy (non-hydrogen) atoms. The highest BCUT2D eigenvalue weighted by Crippen LogP contribution is 2.15. The summed E-state index contributed by atoms with van der Waals surface area (Å²) in [6.45, 7) is 1.52. The average molecular weight is 237 g/mol. The summed E-state index contributed by atoms with van der Waals surface area (Å²) in [6, 6.07) is 3.05. The van der Waals surface area contributed by atoms with Crippen LogP contribution in [0.2, 0.25) is 0 Å². The summed E-state index contributed by atoms with van der Waals surface area (Å²) in [4.78, 5) is 14.0. The Morgan fingerprint density at radius 1 is 1.53 bits per heavy atom. The smallest absolute Gasteiger partial charge is 0.287 e. The highest BCUT2D eigenvalue weighted by molar-refractivity contribution is 5.40. The number of ether oxygens (including phenoxy) is 1. The van der Waals surface area contributed by atoms with Crippen LogP contribution in [0, 0.1) is 10.1 Å². The molecule has 1 atom stereocenters. The number of nitro groups is 1. The van der Waals surface area contributed by atoms with Crippen molar-refractivity contribution < 1.29 is 9.66 Å². The van der Waals surface area contributed by atoms with Crippen molar-refractivity contribution in [1.29, 1.82) is 0 Å². The first-order valence-electron chi connectivity index (χ1n) is 5.71. The van der Waals surface area contributed by atoms with Gasteiger partial charge in [-0.3, -0.25) is 10.1 Å². The molecule has 1 fully saturated rings. The molecule has 0 aliphatic carbocycles. The Hall–Kier alpha value is -1.69. The molecule has 1 aliphatic rings. The molecule has 1 saturated heterocycles. The minimum Gasteiger partial charge on any atom is -0.376 e. The molecule has 6 heteroatoms. The molecule has 1 unspecified atom stereocenters. The second kappa shape index (κ2) is 5.58. The van der Waals surface area contributed by atoms with Gasteiger partial charge >= 0.3 is 0 Å². The van der Waals surface area contributed by atoms with Crippen LogP contribution in [-0.4, -0.2) is 29.2 Å². The van der Waals surface area contributed by atoms with Crippen LogP contribution in [0.5, 0.6) is 0 Å². The molecule has 1 aromatic rings. The van der Waals surface area contributed by atoms with E-state index in [9.17, 15) is 10.1 Å². The highest BCUT2D eigenvalue weighted by atomic mass is 16.6. The Morgan fingerprint density at radius 2 is 2.41 bits per heavy atom. The molecular weight excluding hydrogens is 222 g/mol. The summed E-state index contributed by atoms with van der Waals surface area (Å²) >= 11 is 0. The van der Waals surface area contributed by atoms with Crippen LogP contribution in [0.3, 0.4) is 0 Å². The van der Waals surface area contributed by atoms with E-state index in [2.05, 4.69) is 10.3 Å². The van der Waals surface area contributed by atoms with Crippen LogP contribution in [0.15, 0.2) is 18.3 Å². The van der Waals surface area contributed by atoms with Crippen molar-refractivity contribution >= 4 is 11.5 Å². The fourth-order valence-corrected chi connectivity index (χ4v) is 1.79. The van der Waals surface area contributed by atoms with Gasteiger partial charge in [-0.05, 0) is 25.3 Å². The molecular formula is C11H15N3O3. The maximum atomic E-state index is 10.4. The molecule has 2 heterocycles. The predicted molar refractivity (Wildman–Crippen MR) is 63.0 cm³/mol. The zero-order valence-corrected chi connectivity index (χ0v) is 9.46. The summed E-state index contributed by atoms with van der Waals surface area (Å²) in [5.41, 5.74) is 0.00414. The van der Waals surface area contributed by atoms with Crippen molar-refractivity contribution in [3.05, 3.63) is 28.4 Å². The number of hydrogen-bond donors (Lipinski definition) is 1. The minimum atomic E-state index is -0.457. The molecule has 2 rings (SSSR count). The quantitative estimate of drug-likeness (QED) is 0.640. The third-order valence-electron chi connectivity index (χ3n) is 2.74. The number of nitrogens with zero attached hydrogens (tertiary/aromatic N) is 2. The van der Waals surface area contributed by atoms with Crippen LogP contribution < -0.4 is 5.32 Å². The number of anilines is 1. The summed E-state index contributed by atoms with van der Waals surface area (Å²) in [5, 5.41) is 13.6. The largest absolute Gasteiger partial charge is 0.376 e. The van der Waals surface area contributed by atoms with E-state index in [4.69, 9.17) is 4.74 Å². The van der Waals surface area contributed by atoms with E-state index in [0.29, 0.717) is 12.4 Å². The third kappa shape index (κ3) is 3.39. The summed E-state index contributed by atoms with van der Waals surface area (Å²) in [6.07, 6.45) is 4.86. The van der Waals surface area contributed by atoms with E-state index in [-0.39, 0.29) is 11.8 Å². The molecule has 0 radical (unpaired) electrons. The van der Waals surface area contributed by atoms with Crippen molar-refractivity contribution in [3.63, 3.8) is 0 Å². The molecule has 6 nitrogen and oxygen atoms in total. The van der Waals surface area contributed by atoms with Gasteiger partial charge in [-0.25, -0.2) is 4.98 Å². The predicted octanol–water partition coefficient (Wildman–Crippen LogP) is 1.97. The summed E-state index contributed by atoms with van der Waals surface area (Å²) < 4.78 is 5.56. The van der Waals surface area contributed by atoms with Gasteiger partial charge in [0.25, 0.3) is 5.69 Å². The second-order valence-electron chi connectivity index (χ2n) is 4.03. The lowest BCUT2D eigenvalue weighted by Crippen LogP contribution is -2.27. The van der Waals surface area contributed by atoms with E-state index in [1.54, 1.807) is 6.07 Å². The van der Waals surface area contributed by atoms with E-state index in [0.717, 1.165) is 19.4 Å². The maximum Gasteiger partial charge on any atom is 0.287 e. The van der Waals surface area contributed by atoms with E-state index >= 15 is 0 Å².